The fraction of sp³-hybridized carbons (Fsp3) is 0.125. The number of nitrogens with zero attached hydrogens (tertiary/aromatic N) is 1. The van der Waals surface area contributed by atoms with Crippen LogP contribution in [0.4, 0.5) is 10.1 Å². The van der Waals surface area contributed by atoms with Crippen LogP contribution in [0.15, 0.2) is 12.1 Å². The van der Waals surface area contributed by atoms with Crippen LogP contribution in [0.25, 0.3) is 0 Å². The van der Waals surface area contributed by atoms with Crippen molar-refractivity contribution in [1.82, 2.24) is 0 Å². The van der Waals surface area contributed by atoms with Crippen LogP contribution in [0.1, 0.15) is 11.1 Å². The molecule has 0 bridgehead atoms. The fourth-order valence-electron chi connectivity index (χ4n) is 0.824. The molecule has 0 aliphatic rings. The topological polar surface area (TPSA) is 49.8 Å². The van der Waals surface area contributed by atoms with Crippen LogP contribution < -0.4 is 5.73 Å². The van der Waals surface area contributed by atoms with E-state index in [0.717, 1.165) is 6.07 Å². The van der Waals surface area contributed by atoms with Crippen LogP contribution in [-0.2, 0) is 0 Å². The van der Waals surface area contributed by atoms with Gasteiger partial charge in [0, 0.05) is 0 Å². The van der Waals surface area contributed by atoms with Crippen molar-refractivity contribution in [2.24, 2.45) is 0 Å². The van der Waals surface area contributed by atoms with Gasteiger partial charge in [-0.3, -0.25) is 0 Å². The van der Waals surface area contributed by atoms with E-state index in [-0.39, 0.29) is 5.69 Å². The van der Waals surface area contributed by atoms with E-state index in [0.29, 0.717) is 11.1 Å². The average Bonchev–Trinajstić information content (AvgIpc) is 1.97. The van der Waals surface area contributed by atoms with Gasteiger partial charge in [-0.2, -0.15) is 5.26 Å². The summed E-state index contributed by atoms with van der Waals surface area (Å²) in [6, 6.07) is 4.46. The van der Waals surface area contributed by atoms with Crippen molar-refractivity contribution in [3.8, 4) is 6.07 Å². The van der Waals surface area contributed by atoms with Gasteiger partial charge in [-0.15, -0.1) is 0 Å². The SMILES string of the molecule is Cc1cc(N)c(F)cc1C#N. The molecule has 0 radical (unpaired) electrons. The molecule has 1 aromatic carbocycles. The second kappa shape index (κ2) is 2.59. The van der Waals surface area contributed by atoms with E-state index in [1.54, 1.807) is 6.92 Å². The van der Waals surface area contributed by atoms with Gasteiger partial charge in [-0.05, 0) is 24.6 Å². The van der Waals surface area contributed by atoms with Crippen molar-refractivity contribution in [3.63, 3.8) is 0 Å². The zero-order valence-electron chi connectivity index (χ0n) is 6.06. The lowest BCUT2D eigenvalue weighted by Gasteiger charge is -1.99. The predicted molar refractivity (Wildman–Crippen MR) is 40.3 cm³/mol. The summed E-state index contributed by atoms with van der Waals surface area (Å²) >= 11 is 0. The van der Waals surface area contributed by atoms with Crippen LogP contribution >= 0.6 is 0 Å². The minimum atomic E-state index is -0.535. The summed E-state index contributed by atoms with van der Waals surface area (Å²) in [6.45, 7) is 1.72. The van der Waals surface area contributed by atoms with Gasteiger partial charge in [0.1, 0.15) is 5.82 Å². The molecule has 0 heterocycles. The Bertz CT molecular complexity index is 326. The number of halogens is 1. The maximum Gasteiger partial charge on any atom is 0.147 e. The summed E-state index contributed by atoms with van der Waals surface area (Å²) in [4.78, 5) is 0. The van der Waals surface area contributed by atoms with Crippen molar-refractivity contribution < 1.29 is 4.39 Å². The molecule has 0 amide bonds. The molecule has 56 valence electrons. The fourth-order valence-corrected chi connectivity index (χ4v) is 0.824. The summed E-state index contributed by atoms with van der Waals surface area (Å²) in [5.74, 6) is -0.535. The lowest BCUT2D eigenvalue weighted by atomic mass is 10.1. The molecule has 0 aliphatic carbocycles. The minimum Gasteiger partial charge on any atom is -0.396 e. The van der Waals surface area contributed by atoms with E-state index in [4.69, 9.17) is 11.0 Å². The number of hydrogen-bond donors (Lipinski definition) is 1. The summed E-state index contributed by atoms with van der Waals surface area (Å²) in [5, 5.41) is 8.48. The Kier molecular flexibility index (Phi) is 1.77. The smallest absolute Gasteiger partial charge is 0.147 e. The first-order valence-electron chi connectivity index (χ1n) is 3.11. The van der Waals surface area contributed by atoms with Gasteiger partial charge in [-0.25, -0.2) is 4.39 Å². The number of anilines is 1. The van der Waals surface area contributed by atoms with E-state index >= 15 is 0 Å². The lowest BCUT2D eigenvalue weighted by molar-refractivity contribution is 0.631. The maximum absolute atomic E-state index is 12.7. The van der Waals surface area contributed by atoms with Gasteiger partial charge in [0.25, 0.3) is 0 Å². The highest BCUT2D eigenvalue weighted by Gasteiger charge is 2.02. The molecule has 0 fully saturated rings. The Morgan fingerprint density at radius 1 is 1.55 bits per heavy atom. The Labute approximate surface area is 64.1 Å². The van der Waals surface area contributed by atoms with Crippen molar-refractivity contribution in [1.29, 1.82) is 5.26 Å². The highest BCUT2D eigenvalue weighted by molar-refractivity contribution is 5.49. The van der Waals surface area contributed by atoms with E-state index in [1.165, 1.54) is 6.07 Å². The van der Waals surface area contributed by atoms with Crippen molar-refractivity contribution in [3.05, 3.63) is 29.1 Å². The summed E-state index contributed by atoms with van der Waals surface area (Å²) in [7, 11) is 0. The van der Waals surface area contributed by atoms with Crippen LogP contribution in [0.5, 0.6) is 0 Å². The monoisotopic (exact) mass is 150 g/mol. The molecule has 0 saturated carbocycles. The Balaban J connectivity index is 3.35. The Hall–Kier alpha value is -1.56. The number of benzene rings is 1. The summed E-state index contributed by atoms with van der Waals surface area (Å²) in [5.41, 5.74) is 6.38. The van der Waals surface area contributed by atoms with E-state index < -0.39 is 5.82 Å². The Morgan fingerprint density at radius 2 is 2.18 bits per heavy atom. The molecule has 1 rings (SSSR count). The average molecular weight is 150 g/mol. The predicted octanol–water partition coefficient (Wildman–Crippen LogP) is 1.59. The van der Waals surface area contributed by atoms with Gasteiger partial charge in [-0.1, -0.05) is 0 Å². The number of nitrogen functional groups attached to an aromatic ring is 1. The van der Waals surface area contributed by atoms with Gasteiger partial charge in [0.15, 0.2) is 0 Å². The third-order valence-corrected chi connectivity index (χ3v) is 1.46. The first-order chi connectivity index (χ1) is 5.15. The van der Waals surface area contributed by atoms with Crippen LogP contribution in [-0.4, -0.2) is 0 Å². The lowest BCUT2D eigenvalue weighted by Crippen LogP contribution is -1.93. The van der Waals surface area contributed by atoms with Crippen molar-refractivity contribution >= 4 is 5.69 Å². The minimum absolute atomic E-state index is 0.0847. The molecule has 3 heteroatoms. The second-order valence-electron chi connectivity index (χ2n) is 2.30. The molecule has 0 saturated heterocycles. The molecular formula is C8H7FN2. The quantitative estimate of drug-likeness (QED) is 0.571. The van der Waals surface area contributed by atoms with Gasteiger partial charge in [0.05, 0.1) is 17.3 Å². The number of rotatable bonds is 0. The summed E-state index contributed by atoms with van der Waals surface area (Å²) < 4.78 is 12.7. The normalized spacial score (nSPS) is 9.18. The number of nitriles is 1. The molecule has 0 aromatic heterocycles. The molecule has 2 nitrogen and oxygen atoms in total. The Morgan fingerprint density at radius 3 is 2.73 bits per heavy atom. The zero-order valence-corrected chi connectivity index (χ0v) is 6.06. The van der Waals surface area contributed by atoms with Gasteiger partial charge < -0.3 is 5.73 Å². The molecule has 2 N–H and O–H groups in total. The molecule has 0 spiro atoms. The van der Waals surface area contributed by atoms with Crippen LogP contribution in [0, 0.1) is 24.1 Å². The third kappa shape index (κ3) is 1.30. The molecular weight excluding hydrogens is 143 g/mol. The molecule has 0 unspecified atom stereocenters. The molecule has 1 aromatic rings. The molecule has 11 heavy (non-hydrogen) atoms. The largest absolute Gasteiger partial charge is 0.396 e. The van der Waals surface area contributed by atoms with Crippen LogP contribution in [0.3, 0.4) is 0 Å². The van der Waals surface area contributed by atoms with Gasteiger partial charge >= 0.3 is 0 Å². The van der Waals surface area contributed by atoms with E-state index in [9.17, 15) is 4.39 Å². The van der Waals surface area contributed by atoms with E-state index in [2.05, 4.69) is 0 Å². The van der Waals surface area contributed by atoms with Gasteiger partial charge in [0.2, 0.25) is 0 Å². The first kappa shape index (κ1) is 7.55. The molecule has 0 atom stereocenters. The van der Waals surface area contributed by atoms with Crippen molar-refractivity contribution in [2.75, 3.05) is 5.73 Å². The standard InChI is InChI=1S/C8H7FN2/c1-5-2-8(11)7(9)3-6(5)4-10/h2-3H,11H2,1H3. The number of hydrogen-bond acceptors (Lipinski definition) is 2. The number of nitrogens with two attached hydrogens (primary N) is 1. The molecule has 0 aliphatic heterocycles. The third-order valence-electron chi connectivity index (χ3n) is 1.46. The first-order valence-corrected chi connectivity index (χ1v) is 3.11. The van der Waals surface area contributed by atoms with Crippen LogP contribution in [0.2, 0.25) is 0 Å². The number of aryl methyl sites for hydroxylation is 1. The summed E-state index contributed by atoms with van der Waals surface area (Å²) in [6.07, 6.45) is 0. The second-order valence-corrected chi connectivity index (χ2v) is 2.30. The van der Waals surface area contributed by atoms with E-state index in [1.807, 2.05) is 6.07 Å². The maximum atomic E-state index is 12.7. The zero-order chi connectivity index (χ0) is 8.43. The highest BCUT2D eigenvalue weighted by atomic mass is 19.1. The van der Waals surface area contributed by atoms with Crippen molar-refractivity contribution in [2.45, 2.75) is 6.92 Å². The highest BCUT2D eigenvalue weighted by Crippen LogP contribution is 2.15.